The number of nitrogens with zero attached hydrogens (tertiary/aromatic N) is 2. The van der Waals surface area contributed by atoms with Crippen LogP contribution in [0.25, 0.3) is 0 Å². The molecule has 0 aromatic heterocycles. The maximum atomic E-state index is 10.2. The van der Waals surface area contributed by atoms with E-state index in [-0.39, 0.29) is 5.75 Å². The molecule has 3 N–H and O–H groups in total. The number of para-hydroxylation sites is 1. The van der Waals surface area contributed by atoms with Crippen molar-refractivity contribution in [2.45, 2.75) is 12.8 Å². The molecule has 3 rings (SSSR count). The predicted molar refractivity (Wildman–Crippen MR) is 103 cm³/mol. The van der Waals surface area contributed by atoms with Gasteiger partial charge in [0.2, 0.25) is 0 Å². The summed E-state index contributed by atoms with van der Waals surface area (Å²) in [7, 11) is 0. The van der Waals surface area contributed by atoms with E-state index in [0.717, 1.165) is 24.5 Å². The lowest BCUT2D eigenvalue weighted by atomic mass is 10.2. The van der Waals surface area contributed by atoms with Crippen LogP contribution in [0.3, 0.4) is 0 Å². The van der Waals surface area contributed by atoms with Gasteiger partial charge in [0, 0.05) is 36.1 Å². The van der Waals surface area contributed by atoms with Gasteiger partial charge in [0.25, 0.3) is 0 Å². The smallest absolute Gasteiger partial charge is 0.191 e. The van der Waals surface area contributed by atoms with Crippen LogP contribution in [0.15, 0.2) is 53.6 Å². The average molecular weight is 340 g/mol. The normalized spacial score (nSPS) is 14.1. The zero-order chi connectivity index (χ0) is 16.8. The third kappa shape index (κ3) is 4.23. The van der Waals surface area contributed by atoms with Crippen molar-refractivity contribution in [3.05, 3.63) is 54.1 Å². The van der Waals surface area contributed by atoms with Gasteiger partial charge in [0.05, 0.1) is 6.21 Å². The Morgan fingerprint density at radius 3 is 2.58 bits per heavy atom. The minimum absolute atomic E-state index is 0.215. The van der Waals surface area contributed by atoms with Gasteiger partial charge in [-0.05, 0) is 49.3 Å². The first-order chi connectivity index (χ1) is 11.7. The summed E-state index contributed by atoms with van der Waals surface area (Å²) in [5.41, 5.74) is 5.33. The molecular weight excluding hydrogens is 320 g/mol. The van der Waals surface area contributed by atoms with Crippen molar-refractivity contribution in [1.82, 2.24) is 5.43 Å². The quantitative estimate of drug-likeness (QED) is 0.453. The van der Waals surface area contributed by atoms with Crippen LogP contribution in [-0.2, 0) is 0 Å². The van der Waals surface area contributed by atoms with Crippen LogP contribution in [0, 0.1) is 0 Å². The molecule has 1 heterocycles. The topological polar surface area (TPSA) is 59.9 Å². The Morgan fingerprint density at radius 1 is 1.12 bits per heavy atom. The first-order valence-electron chi connectivity index (χ1n) is 7.95. The molecule has 0 saturated carbocycles. The SMILES string of the molecule is Oc1cc(N2CCCC2)ccc1/C=N/NC(=S)Nc1ccccc1. The fourth-order valence-electron chi connectivity index (χ4n) is 2.65. The Labute approximate surface area is 147 Å². The fraction of sp³-hybridized carbons (Fsp3) is 0.222. The highest BCUT2D eigenvalue weighted by Crippen LogP contribution is 2.26. The number of phenolic OH excluding ortho intramolecular Hbond substituents is 1. The number of benzene rings is 2. The van der Waals surface area contributed by atoms with Gasteiger partial charge < -0.3 is 15.3 Å². The van der Waals surface area contributed by atoms with E-state index in [1.165, 1.54) is 12.8 Å². The largest absolute Gasteiger partial charge is 0.507 e. The van der Waals surface area contributed by atoms with E-state index in [0.29, 0.717) is 10.7 Å². The van der Waals surface area contributed by atoms with Crippen molar-refractivity contribution < 1.29 is 5.11 Å². The zero-order valence-corrected chi connectivity index (χ0v) is 14.1. The Hall–Kier alpha value is -2.60. The van der Waals surface area contributed by atoms with E-state index in [9.17, 15) is 5.11 Å². The number of aromatic hydroxyl groups is 1. The maximum Gasteiger partial charge on any atom is 0.191 e. The van der Waals surface area contributed by atoms with Gasteiger partial charge in [0.1, 0.15) is 5.75 Å². The number of nitrogens with one attached hydrogen (secondary N) is 2. The number of phenols is 1. The second-order valence-electron chi connectivity index (χ2n) is 5.63. The molecule has 0 atom stereocenters. The van der Waals surface area contributed by atoms with Gasteiger partial charge in [-0.15, -0.1) is 0 Å². The van der Waals surface area contributed by atoms with Crippen molar-refractivity contribution in [1.29, 1.82) is 0 Å². The highest BCUT2D eigenvalue weighted by atomic mass is 32.1. The molecule has 1 saturated heterocycles. The zero-order valence-electron chi connectivity index (χ0n) is 13.3. The average Bonchev–Trinajstić information content (AvgIpc) is 3.12. The van der Waals surface area contributed by atoms with Gasteiger partial charge in [-0.1, -0.05) is 18.2 Å². The molecule has 0 aliphatic carbocycles. The Bertz CT molecular complexity index is 727. The highest BCUT2D eigenvalue weighted by Gasteiger charge is 2.13. The predicted octanol–water partition coefficient (Wildman–Crippen LogP) is 3.31. The van der Waals surface area contributed by atoms with Crippen LogP contribution in [0.1, 0.15) is 18.4 Å². The minimum Gasteiger partial charge on any atom is -0.507 e. The molecular formula is C18H20N4OS. The van der Waals surface area contributed by atoms with Crippen LogP contribution in [0.4, 0.5) is 11.4 Å². The molecule has 6 heteroatoms. The molecule has 124 valence electrons. The van der Waals surface area contributed by atoms with Crippen molar-refractivity contribution >= 4 is 34.9 Å². The summed E-state index contributed by atoms with van der Waals surface area (Å²) in [5, 5.41) is 17.7. The van der Waals surface area contributed by atoms with Gasteiger partial charge in [-0.3, -0.25) is 5.43 Å². The highest BCUT2D eigenvalue weighted by molar-refractivity contribution is 7.80. The Morgan fingerprint density at radius 2 is 1.88 bits per heavy atom. The molecule has 1 aliphatic rings. The number of rotatable bonds is 4. The standard InChI is InChI=1S/C18H20N4OS/c23-17-12-16(22-10-4-5-11-22)9-8-14(17)13-19-21-18(24)20-15-6-2-1-3-7-15/h1-3,6-9,12-13,23H,4-5,10-11H2,(H2,20,21,24)/b19-13+. The molecule has 24 heavy (non-hydrogen) atoms. The first-order valence-corrected chi connectivity index (χ1v) is 8.36. The second-order valence-corrected chi connectivity index (χ2v) is 6.04. The lowest BCUT2D eigenvalue weighted by Crippen LogP contribution is -2.23. The summed E-state index contributed by atoms with van der Waals surface area (Å²) >= 11 is 5.17. The molecule has 0 bridgehead atoms. The monoisotopic (exact) mass is 340 g/mol. The number of hydrazone groups is 1. The summed E-state index contributed by atoms with van der Waals surface area (Å²) in [5.74, 6) is 0.215. The number of hydrogen-bond donors (Lipinski definition) is 3. The third-order valence-electron chi connectivity index (χ3n) is 3.89. The summed E-state index contributed by atoms with van der Waals surface area (Å²) in [6, 6.07) is 15.3. The van der Waals surface area contributed by atoms with Crippen molar-refractivity contribution in [2.75, 3.05) is 23.3 Å². The third-order valence-corrected chi connectivity index (χ3v) is 4.08. The molecule has 0 amide bonds. The lowest BCUT2D eigenvalue weighted by Gasteiger charge is -2.18. The van der Waals surface area contributed by atoms with Gasteiger partial charge in [-0.2, -0.15) is 5.10 Å². The van der Waals surface area contributed by atoms with E-state index >= 15 is 0 Å². The number of thiocarbonyl (C=S) groups is 1. The fourth-order valence-corrected chi connectivity index (χ4v) is 2.82. The lowest BCUT2D eigenvalue weighted by molar-refractivity contribution is 0.474. The maximum absolute atomic E-state index is 10.2. The number of hydrogen-bond acceptors (Lipinski definition) is 4. The molecule has 0 unspecified atom stereocenters. The van der Waals surface area contributed by atoms with Crippen LogP contribution >= 0.6 is 12.2 Å². The summed E-state index contributed by atoms with van der Waals surface area (Å²) < 4.78 is 0. The summed E-state index contributed by atoms with van der Waals surface area (Å²) in [4.78, 5) is 2.28. The summed E-state index contributed by atoms with van der Waals surface area (Å²) in [6.07, 6.45) is 3.97. The van der Waals surface area contributed by atoms with E-state index in [1.807, 2.05) is 42.5 Å². The van der Waals surface area contributed by atoms with Gasteiger partial charge in [-0.25, -0.2) is 0 Å². The van der Waals surface area contributed by atoms with Gasteiger partial charge in [0.15, 0.2) is 5.11 Å². The van der Waals surface area contributed by atoms with Crippen LogP contribution < -0.4 is 15.6 Å². The van der Waals surface area contributed by atoms with E-state index in [2.05, 4.69) is 20.7 Å². The second kappa shape index (κ2) is 7.79. The number of anilines is 2. The molecule has 1 aliphatic heterocycles. The van der Waals surface area contributed by atoms with E-state index in [4.69, 9.17) is 12.2 Å². The van der Waals surface area contributed by atoms with E-state index in [1.54, 1.807) is 12.3 Å². The molecule has 2 aromatic rings. The first kappa shape index (κ1) is 16.3. The molecule has 0 spiro atoms. The molecule has 2 aromatic carbocycles. The van der Waals surface area contributed by atoms with Crippen molar-refractivity contribution in [3.8, 4) is 5.75 Å². The Balaban J connectivity index is 1.57. The molecule has 5 nitrogen and oxygen atoms in total. The van der Waals surface area contributed by atoms with E-state index < -0.39 is 0 Å². The van der Waals surface area contributed by atoms with Crippen LogP contribution in [0.5, 0.6) is 5.75 Å². The van der Waals surface area contributed by atoms with Crippen molar-refractivity contribution in [3.63, 3.8) is 0 Å². The summed E-state index contributed by atoms with van der Waals surface area (Å²) in [6.45, 7) is 2.10. The molecule has 0 radical (unpaired) electrons. The minimum atomic E-state index is 0.215. The Kier molecular flexibility index (Phi) is 5.28. The van der Waals surface area contributed by atoms with Crippen LogP contribution in [-0.4, -0.2) is 29.5 Å². The van der Waals surface area contributed by atoms with Crippen LogP contribution in [0.2, 0.25) is 0 Å². The van der Waals surface area contributed by atoms with Gasteiger partial charge >= 0.3 is 0 Å². The molecule has 1 fully saturated rings. The van der Waals surface area contributed by atoms with Crippen molar-refractivity contribution in [2.24, 2.45) is 5.10 Å².